The summed E-state index contributed by atoms with van der Waals surface area (Å²) < 4.78 is 27.5. The standard InChI is InChI=1S/C21H20F2N4.ClH/c22-19-5-3-15(10-24)17(8-19)13-27(21-2-1-7-26-12-21)14-18-9-20(23)6-4-16(18)11-25;/h3-6,8-9,21,26H,1-2,7,12-14H2;1H/t21-;/m1./s1. The van der Waals surface area contributed by atoms with Crippen LogP contribution in [0.1, 0.15) is 35.1 Å². The minimum absolute atomic E-state index is 0. The van der Waals surface area contributed by atoms with E-state index < -0.39 is 11.6 Å². The lowest BCUT2D eigenvalue weighted by Crippen LogP contribution is -2.45. The number of nitrogens with zero attached hydrogens (tertiary/aromatic N) is 3. The van der Waals surface area contributed by atoms with Crippen molar-refractivity contribution in [1.82, 2.24) is 10.2 Å². The second kappa shape index (κ2) is 10.1. The Morgan fingerprint density at radius 2 is 1.50 bits per heavy atom. The average molecular weight is 403 g/mol. The Balaban J connectivity index is 0.00000280. The van der Waals surface area contributed by atoms with Gasteiger partial charge in [0, 0.05) is 25.7 Å². The molecule has 0 amide bonds. The van der Waals surface area contributed by atoms with E-state index in [1.807, 2.05) is 0 Å². The van der Waals surface area contributed by atoms with Crippen LogP contribution in [-0.4, -0.2) is 24.0 Å². The van der Waals surface area contributed by atoms with Gasteiger partial charge in [-0.1, -0.05) is 0 Å². The molecule has 0 radical (unpaired) electrons. The molecule has 1 N–H and O–H groups in total. The van der Waals surface area contributed by atoms with Gasteiger partial charge in [-0.3, -0.25) is 4.90 Å². The number of piperidine rings is 1. The molecular formula is C21H21ClF2N4. The Labute approximate surface area is 169 Å². The minimum atomic E-state index is -0.394. The van der Waals surface area contributed by atoms with Crippen LogP contribution in [0.3, 0.4) is 0 Å². The second-order valence-corrected chi connectivity index (χ2v) is 6.73. The van der Waals surface area contributed by atoms with Gasteiger partial charge in [0.1, 0.15) is 11.6 Å². The highest BCUT2D eigenvalue weighted by Gasteiger charge is 2.23. The average Bonchev–Trinajstić information content (AvgIpc) is 2.68. The lowest BCUT2D eigenvalue weighted by molar-refractivity contribution is 0.149. The maximum absolute atomic E-state index is 13.7. The predicted octanol–water partition coefficient (Wildman–Crippen LogP) is 3.88. The number of benzene rings is 2. The summed E-state index contributed by atoms with van der Waals surface area (Å²) >= 11 is 0. The molecule has 0 saturated carbocycles. The van der Waals surface area contributed by atoms with E-state index >= 15 is 0 Å². The Morgan fingerprint density at radius 1 is 0.964 bits per heavy atom. The Hall–Kier alpha value is -2.51. The molecule has 0 aromatic heterocycles. The molecule has 1 atom stereocenters. The summed E-state index contributed by atoms with van der Waals surface area (Å²) in [6.45, 7) is 2.41. The number of nitriles is 2. The number of hydrogen-bond acceptors (Lipinski definition) is 4. The van der Waals surface area contributed by atoms with E-state index in [1.54, 1.807) is 0 Å². The Kier molecular flexibility index (Phi) is 7.90. The van der Waals surface area contributed by atoms with E-state index in [0.29, 0.717) is 35.3 Å². The van der Waals surface area contributed by atoms with E-state index in [2.05, 4.69) is 22.4 Å². The molecule has 146 valence electrons. The van der Waals surface area contributed by atoms with Gasteiger partial charge in [0.25, 0.3) is 0 Å². The summed E-state index contributed by atoms with van der Waals surface area (Å²) in [6, 6.07) is 12.6. The summed E-state index contributed by atoms with van der Waals surface area (Å²) in [7, 11) is 0. The Bertz CT molecular complexity index is 833. The van der Waals surface area contributed by atoms with Gasteiger partial charge in [-0.15, -0.1) is 12.4 Å². The topological polar surface area (TPSA) is 62.9 Å². The van der Waals surface area contributed by atoms with Crippen LogP contribution in [0.25, 0.3) is 0 Å². The third kappa shape index (κ3) is 5.27. The number of hydrogen-bond donors (Lipinski definition) is 1. The quantitative estimate of drug-likeness (QED) is 0.824. The lowest BCUT2D eigenvalue weighted by atomic mass is 10.0. The highest BCUT2D eigenvalue weighted by atomic mass is 35.5. The maximum atomic E-state index is 13.7. The van der Waals surface area contributed by atoms with Gasteiger partial charge in [0.2, 0.25) is 0 Å². The first-order chi connectivity index (χ1) is 13.1. The number of rotatable bonds is 5. The van der Waals surface area contributed by atoms with Crippen LogP contribution in [0.5, 0.6) is 0 Å². The van der Waals surface area contributed by atoms with Gasteiger partial charge in [-0.2, -0.15) is 10.5 Å². The zero-order valence-electron chi connectivity index (χ0n) is 15.3. The number of nitrogens with one attached hydrogen (secondary N) is 1. The maximum Gasteiger partial charge on any atom is 0.123 e. The first-order valence-electron chi connectivity index (χ1n) is 8.92. The molecular weight excluding hydrogens is 382 g/mol. The van der Waals surface area contributed by atoms with Crippen molar-refractivity contribution in [3.8, 4) is 12.1 Å². The van der Waals surface area contributed by atoms with Crippen LogP contribution < -0.4 is 5.32 Å². The SMILES string of the molecule is Cl.N#Cc1ccc(F)cc1CN(Cc1cc(F)ccc1C#N)[C@@H]1CCCNC1. The first-order valence-corrected chi connectivity index (χ1v) is 8.92. The van der Waals surface area contributed by atoms with E-state index in [-0.39, 0.29) is 18.4 Å². The van der Waals surface area contributed by atoms with Crippen LogP contribution in [0.15, 0.2) is 36.4 Å². The smallest absolute Gasteiger partial charge is 0.123 e. The predicted molar refractivity (Wildman–Crippen MR) is 105 cm³/mol. The molecule has 1 saturated heterocycles. The summed E-state index contributed by atoms with van der Waals surface area (Å²) in [6.07, 6.45) is 1.95. The molecule has 1 aliphatic heterocycles. The Morgan fingerprint density at radius 3 is 1.93 bits per heavy atom. The van der Waals surface area contributed by atoms with Crippen molar-refractivity contribution in [3.63, 3.8) is 0 Å². The molecule has 0 spiro atoms. The molecule has 3 rings (SSSR count). The van der Waals surface area contributed by atoms with Crippen molar-refractivity contribution in [2.45, 2.75) is 32.0 Å². The first kappa shape index (κ1) is 21.8. The molecule has 7 heteroatoms. The highest BCUT2D eigenvalue weighted by molar-refractivity contribution is 5.85. The molecule has 1 fully saturated rings. The molecule has 0 unspecified atom stereocenters. The number of halogens is 3. The monoisotopic (exact) mass is 402 g/mol. The van der Waals surface area contributed by atoms with Crippen LogP contribution in [-0.2, 0) is 13.1 Å². The zero-order chi connectivity index (χ0) is 19.2. The fourth-order valence-electron chi connectivity index (χ4n) is 3.50. The fourth-order valence-corrected chi connectivity index (χ4v) is 3.50. The normalized spacial score (nSPS) is 16.1. The summed E-state index contributed by atoms with van der Waals surface area (Å²) in [5, 5.41) is 22.0. The molecule has 1 heterocycles. The third-order valence-electron chi connectivity index (χ3n) is 4.91. The van der Waals surface area contributed by atoms with E-state index in [9.17, 15) is 19.3 Å². The van der Waals surface area contributed by atoms with E-state index in [0.717, 1.165) is 25.9 Å². The second-order valence-electron chi connectivity index (χ2n) is 6.73. The molecule has 2 aromatic carbocycles. The van der Waals surface area contributed by atoms with Gasteiger partial charge >= 0.3 is 0 Å². The molecule has 0 aliphatic carbocycles. The van der Waals surface area contributed by atoms with Gasteiger partial charge in [0.05, 0.1) is 23.3 Å². The summed E-state index contributed by atoms with van der Waals surface area (Å²) in [5.41, 5.74) is 2.03. The zero-order valence-corrected chi connectivity index (χ0v) is 16.1. The van der Waals surface area contributed by atoms with Crippen molar-refractivity contribution in [2.24, 2.45) is 0 Å². The van der Waals surface area contributed by atoms with Gasteiger partial charge < -0.3 is 5.32 Å². The third-order valence-corrected chi connectivity index (χ3v) is 4.91. The van der Waals surface area contributed by atoms with Gasteiger partial charge in [-0.25, -0.2) is 8.78 Å². The van der Waals surface area contributed by atoms with Gasteiger partial charge in [0.15, 0.2) is 0 Å². The highest BCUT2D eigenvalue weighted by Crippen LogP contribution is 2.22. The van der Waals surface area contributed by atoms with Crippen LogP contribution in [0.4, 0.5) is 8.78 Å². The summed E-state index contributed by atoms with van der Waals surface area (Å²) in [4.78, 5) is 2.09. The van der Waals surface area contributed by atoms with Gasteiger partial charge in [-0.05, 0) is 66.9 Å². The van der Waals surface area contributed by atoms with Crippen molar-refractivity contribution < 1.29 is 8.78 Å². The molecule has 0 bridgehead atoms. The van der Waals surface area contributed by atoms with E-state index in [1.165, 1.54) is 36.4 Å². The van der Waals surface area contributed by atoms with Crippen molar-refractivity contribution in [2.75, 3.05) is 13.1 Å². The molecule has 28 heavy (non-hydrogen) atoms. The fraction of sp³-hybridized carbons (Fsp3) is 0.333. The molecule has 4 nitrogen and oxygen atoms in total. The van der Waals surface area contributed by atoms with Crippen molar-refractivity contribution in [3.05, 3.63) is 70.3 Å². The van der Waals surface area contributed by atoms with Crippen molar-refractivity contribution >= 4 is 12.4 Å². The van der Waals surface area contributed by atoms with E-state index in [4.69, 9.17) is 0 Å². The minimum Gasteiger partial charge on any atom is -0.315 e. The van der Waals surface area contributed by atoms with Crippen LogP contribution in [0, 0.1) is 34.3 Å². The van der Waals surface area contributed by atoms with Crippen LogP contribution >= 0.6 is 12.4 Å². The summed E-state index contributed by atoms with van der Waals surface area (Å²) in [5.74, 6) is -0.789. The molecule has 1 aliphatic rings. The van der Waals surface area contributed by atoms with Crippen LogP contribution in [0.2, 0.25) is 0 Å². The molecule has 2 aromatic rings. The van der Waals surface area contributed by atoms with Crippen molar-refractivity contribution in [1.29, 1.82) is 10.5 Å². The lowest BCUT2D eigenvalue weighted by Gasteiger charge is -2.35. The largest absolute Gasteiger partial charge is 0.315 e.